The van der Waals surface area contributed by atoms with E-state index in [-0.39, 0.29) is 0 Å². The second-order valence-corrected chi connectivity index (χ2v) is 5.96. The quantitative estimate of drug-likeness (QED) is 0.807. The summed E-state index contributed by atoms with van der Waals surface area (Å²) in [5, 5.41) is 0. The summed E-state index contributed by atoms with van der Waals surface area (Å²) < 4.78 is 1.06. The Kier molecular flexibility index (Phi) is 5.56. The third-order valence-electron chi connectivity index (χ3n) is 3.06. The molecule has 0 amide bonds. The summed E-state index contributed by atoms with van der Waals surface area (Å²) in [6.07, 6.45) is 1.84. The van der Waals surface area contributed by atoms with E-state index >= 15 is 0 Å². The Morgan fingerprint density at radius 1 is 1.05 bits per heavy atom. The van der Waals surface area contributed by atoms with Crippen molar-refractivity contribution >= 4 is 21.7 Å². The van der Waals surface area contributed by atoms with Gasteiger partial charge in [-0.15, -0.1) is 0 Å². The van der Waals surface area contributed by atoms with Crippen molar-refractivity contribution in [2.75, 3.05) is 32.1 Å². The lowest BCUT2D eigenvalue weighted by atomic mass is 10.2. The Morgan fingerprint density at radius 3 is 2.45 bits per heavy atom. The van der Waals surface area contributed by atoms with Crippen LogP contribution in [-0.4, -0.2) is 37.1 Å². The molecule has 0 saturated heterocycles. The van der Waals surface area contributed by atoms with Crippen LogP contribution in [0.1, 0.15) is 5.56 Å². The predicted molar refractivity (Wildman–Crippen MR) is 88.0 cm³/mol. The van der Waals surface area contributed by atoms with Gasteiger partial charge in [-0.25, -0.2) is 4.98 Å². The molecule has 0 bridgehead atoms. The third-order valence-corrected chi connectivity index (χ3v) is 3.56. The van der Waals surface area contributed by atoms with Crippen LogP contribution in [-0.2, 0) is 6.54 Å². The largest absolute Gasteiger partial charge is 0.351 e. The fourth-order valence-corrected chi connectivity index (χ4v) is 2.29. The first-order valence-corrected chi connectivity index (χ1v) is 7.49. The van der Waals surface area contributed by atoms with Gasteiger partial charge < -0.3 is 9.80 Å². The van der Waals surface area contributed by atoms with Gasteiger partial charge in [-0.1, -0.05) is 46.3 Å². The van der Waals surface area contributed by atoms with E-state index in [1.54, 1.807) is 0 Å². The summed E-state index contributed by atoms with van der Waals surface area (Å²) in [4.78, 5) is 8.99. The molecule has 0 aliphatic heterocycles. The minimum atomic E-state index is 0.873. The number of pyridine rings is 1. The first-order valence-electron chi connectivity index (χ1n) is 6.70. The smallest absolute Gasteiger partial charge is 0.129 e. The zero-order chi connectivity index (χ0) is 14.4. The van der Waals surface area contributed by atoms with Gasteiger partial charge in [-0.2, -0.15) is 0 Å². The average molecular weight is 334 g/mol. The van der Waals surface area contributed by atoms with Gasteiger partial charge in [0.1, 0.15) is 5.82 Å². The maximum absolute atomic E-state index is 4.49. The number of aromatic nitrogens is 1. The summed E-state index contributed by atoms with van der Waals surface area (Å²) >= 11 is 3.52. The average Bonchev–Trinajstić information content (AvgIpc) is 2.44. The van der Waals surface area contributed by atoms with E-state index in [0.29, 0.717) is 0 Å². The number of benzene rings is 1. The van der Waals surface area contributed by atoms with Crippen molar-refractivity contribution in [3.05, 3.63) is 58.7 Å². The molecule has 0 saturated carbocycles. The lowest BCUT2D eigenvalue weighted by Gasteiger charge is -2.25. The highest BCUT2D eigenvalue weighted by atomic mass is 79.9. The van der Waals surface area contributed by atoms with Crippen LogP contribution in [0.25, 0.3) is 0 Å². The Hall–Kier alpha value is -1.39. The van der Waals surface area contributed by atoms with E-state index in [9.17, 15) is 0 Å². The summed E-state index contributed by atoms with van der Waals surface area (Å²) in [7, 11) is 4.18. The molecule has 20 heavy (non-hydrogen) atoms. The number of hydrogen-bond donors (Lipinski definition) is 0. The molecule has 0 atom stereocenters. The van der Waals surface area contributed by atoms with Crippen molar-refractivity contribution in [3.8, 4) is 0 Å². The number of likely N-dealkylation sites (N-methyl/N-ethyl adjacent to an activating group) is 1. The van der Waals surface area contributed by atoms with Gasteiger partial charge in [-0.3, -0.25) is 0 Å². The lowest BCUT2D eigenvalue weighted by molar-refractivity contribution is 0.412. The molecular weight excluding hydrogens is 314 g/mol. The topological polar surface area (TPSA) is 19.4 Å². The fraction of sp³-hybridized carbons (Fsp3) is 0.312. The van der Waals surface area contributed by atoms with Crippen molar-refractivity contribution < 1.29 is 0 Å². The molecule has 0 fully saturated rings. The molecule has 0 aliphatic rings. The molecule has 106 valence electrons. The molecule has 1 aromatic carbocycles. The standard InChI is InChI=1S/C16H20BrN3/c1-19(2)10-11-20(13-14-6-4-3-5-7-14)16-12-15(17)8-9-18-16/h3-9,12H,10-11,13H2,1-2H3. The van der Waals surface area contributed by atoms with Crippen LogP contribution in [0.2, 0.25) is 0 Å². The SMILES string of the molecule is CN(C)CCN(Cc1ccccc1)c1cc(Br)ccn1. The first kappa shape index (κ1) is 15.0. The van der Waals surface area contributed by atoms with Gasteiger partial charge in [0.25, 0.3) is 0 Å². The molecule has 1 heterocycles. The molecular formula is C16H20BrN3. The van der Waals surface area contributed by atoms with Crippen molar-refractivity contribution in [1.82, 2.24) is 9.88 Å². The first-order chi connectivity index (χ1) is 9.65. The zero-order valence-corrected chi connectivity index (χ0v) is 13.5. The number of rotatable bonds is 6. The highest BCUT2D eigenvalue weighted by Crippen LogP contribution is 2.19. The minimum absolute atomic E-state index is 0.873. The molecule has 2 aromatic rings. The molecule has 0 radical (unpaired) electrons. The lowest BCUT2D eigenvalue weighted by Crippen LogP contribution is -2.31. The molecule has 0 spiro atoms. The summed E-state index contributed by atoms with van der Waals surface area (Å²) in [6, 6.07) is 14.5. The molecule has 0 N–H and O–H groups in total. The van der Waals surface area contributed by atoms with Gasteiger partial charge in [0, 0.05) is 30.3 Å². The highest BCUT2D eigenvalue weighted by Gasteiger charge is 2.09. The maximum atomic E-state index is 4.49. The summed E-state index contributed by atoms with van der Waals surface area (Å²) in [6.45, 7) is 2.82. The number of hydrogen-bond acceptors (Lipinski definition) is 3. The summed E-state index contributed by atoms with van der Waals surface area (Å²) in [5.74, 6) is 1.00. The van der Waals surface area contributed by atoms with Gasteiger partial charge in [-0.05, 0) is 31.8 Å². The van der Waals surface area contributed by atoms with Crippen LogP contribution in [0.5, 0.6) is 0 Å². The van der Waals surface area contributed by atoms with Gasteiger partial charge in [0.05, 0.1) is 0 Å². The molecule has 3 nitrogen and oxygen atoms in total. The molecule has 0 aliphatic carbocycles. The summed E-state index contributed by atoms with van der Waals surface area (Å²) in [5.41, 5.74) is 1.30. The normalized spacial score (nSPS) is 10.8. The number of nitrogens with zero attached hydrogens (tertiary/aromatic N) is 3. The van der Waals surface area contributed by atoms with Crippen molar-refractivity contribution in [2.45, 2.75) is 6.54 Å². The van der Waals surface area contributed by atoms with E-state index in [2.05, 4.69) is 75.1 Å². The second kappa shape index (κ2) is 7.41. The zero-order valence-electron chi connectivity index (χ0n) is 12.0. The van der Waals surface area contributed by atoms with Crippen LogP contribution in [0, 0.1) is 0 Å². The van der Waals surface area contributed by atoms with Crippen LogP contribution in [0.3, 0.4) is 0 Å². The fourth-order valence-electron chi connectivity index (χ4n) is 1.97. The van der Waals surface area contributed by atoms with Crippen molar-refractivity contribution in [3.63, 3.8) is 0 Å². The second-order valence-electron chi connectivity index (χ2n) is 5.04. The van der Waals surface area contributed by atoms with Crippen molar-refractivity contribution in [1.29, 1.82) is 0 Å². The predicted octanol–water partition coefficient (Wildman–Crippen LogP) is 3.41. The monoisotopic (exact) mass is 333 g/mol. The van der Waals surface area contributed by atoms with E-state index in [4.69, 9.17) is 0 Å². The maximum Gasteiger partial charge on any atom is 0.129 e. The Balaban J connectivity index is 2.16. The van der Waals surface area contributed by atoms with Crippen molar-refractivity contribution in [2.24, 2.45) is 0 Å². The number of anilines is 1. The molecule has 1 aromatic heterocycles. The van der Waals surface area contributed by atoms with E-state index in [1.165, 1.54) is 5.56 Å². The number of halogens is 1. The van der Waals surface area contributed by atoms with Gasteiger partial charge in [0.2, 0.25) is 0 Å². The Labute approximate surface area is 129 Å². The molecule has 0 unspecified atom stereocenters. The van der Waals surface area contributed by atoms with Crippen LogP contribution < -0.4 is 4.90 Å². The molecule has 2 rings (SSSR count). The molecule has 4 heteroatoms. The third kappa shape index (κ3) is 4.62. The van der Waals surface area contributed by atoms with Gasteiger partial charge in [0.15, 0.2) is 0 Å². The van der Waals surface area contributed by atoms with E-state index in [1.807, 2.05) is 18.3 Å². The van der Waals surface area contributed by atoms with E-state index in [0.717, 1.165) is 29.9 Å². The minimum Gasteiger partial charge on any atom is -0.351 e. The Bertz CT molecular complexity index is 528. The van der Waals surface area contributed by atoms with E-state index < -0.39 is 0 Å². The van der Waals surface area contributed by atoms with Crippen LogP contribution in [0.4, 0.5) is 5.82 Å². The van der Waals surface area contributed by atoms with Crippen LogP contribution in [0.15, 0.2) is 53.1 Å². The Morgan fingerprint density at radius 2 is 1.80 bits per heavy atom. The van der Waals surface area contributed by atoms with Crippen LogP contribution >= 0.6 is 15.9 Å². The van der Waals surface area contributed by atoms with Gasteiger partial charge >= 0.3 is 0 Å². The highest BCUT2D eigenvalue weighted by molar-refractivity contribution is 9.10.